The van der Waals surface area contributed by atoms with Crippen molar-refractivity contribution in [1.29, 1.82) is 0 Å². The van der Waals surface area contributed by atoms with Gasteiger partial charge in [-0.3, -0.25) is 0 Å². The van der Waals surface area contributed by atoms with Crippen molar-refractivity contribution in [3.63, 3.8) is 0 Å². The third-order valence-corrected chi connectivity index (χ3v) is 9.04. The van der Waals surface area contributed by atoms with Gasteiger partial charge in [0.2, 0.25) is 0 Å². The van der Waals surface area contributed by atoms with Gasteiger partial charge in [0.05, 0.1) is 6.61 Å². The van der Waals surface area contributed by atoms with E-state index in [1.54, 1.807) is 0 Å². The molecule has 0 radical (unpaired) electrons. The Balaban J connectivity index is 2.65. The maximum Gasteiger partial charge on any atom is 0.195 e. The van der Waals surface area contributed by atoms with Gasteiger partial charge in [-0.1, -0.05) is 58.0 Å². The molecule has 0 atom stereocenters. The minimum atomic E-state index is -1.59. The molecule has 1 aromatic carbocycles. The fraction of sp³-hybridized carbons (Fsp3) is 0.571. The zero-order valence-corrected chi connectivity index (χ0v) is 12.2. The molecule has 1 rings (SSSR count). The molecular formula is C14H24OSi. The Morgan fingerprint density at radius 1 is 1.00 bits per heavy atom. The van der Waals surface area contributed by atoms with Gasteiger partial charge >= 0.3 is 0 Å². The molecule has 0 saturated heterocycles. The summed E-state index contributed by atoms with van der Waals surface area (Å²) in [6.45, 7) is 12.3. The summed E-state index contributed by atoms with van der Waals surface area (Å²) >= 11 is 0. The minimum Gasteiger partial charge on any atom is -0.412 e. The second kappa shape index (κ2) is 5.64. The van der Waals surface area contributed by atoms with Crippen molar-refractivity contribution in [3.8, 4) is 0 Å². The normalized spacial score (nSPS) is 12.4. The van der Waals surface area contributed by atoms with Gasteiger partial charge in [0.15, 0.2) is 8.32 Å². The molecule has 0 unspecified atom stereocenters. The molecule has 0 spiro atoms. The van der Waals surface area contributed by atoms with Gasteiger partial charge < -0.3 is 4.43 Å². The highest BCUT2D eigenvalue weighted by Crippen LogP contribution is 2.33. The SMILES string of the molecule is CC(C)[Si](C)(OCc1ccccc1)C(C)C. The standard InChI is InChI=1S/C14H24OSi/c1-12(2)16(5,13(3)4)15-11-14-9-7-6-8-10-14/h6-10,12-13H,11H2,1-5H3. The van der Waals surface area contributed by atoms with Crippen molar-refractivity contribution >= 4 is 8.32 Å². The summed E-state index contributed by atoms with van der Waals surface area (Å²) in [4.78, 5) is 0. The van der Waals surface area contributed by atoms with Crippen molar-refractivity contribution in [2.75, 3.05) is 0 Å². The maximum atomic E-state index is 6.28. The third-order valence-electron chi connectivity index (χ3n) is 3.69. The number of rotatable bonds is 5. The Hall–Kier alpha value is -0.603. The molecule has 0 aliphatic heterocycles. The molecule has 90 valence electrons. The lowest BCUT2D eigenvalue weighted by molar-refractivity contribution is 0.278. The molecule has 0 aliphatic rings. The summed E-state index contributed by atoms with van der Waals surface area (Å²) in [6.07, 6.45) is 0. The Bertz CT molecular complexity index is 298. The van der Waals surface area contributed by atoms with Crippen LogP contribution in [0.4, 0.5) is 0 Å². The first-order chi connectivity index (χ1) is 7.47. The largest absolute Gasteiger partial charge is 0.412 e. The minimum absolute atomic E-state index is 0.663. The van der Waals surface area contributed by atoms with E-state index in [0.717, 1.165) is 6.61 Å². The zero-order valence-electron chi connectivity index (χ0n) is 11.2. The number of hydrogen-bond acceptors (Lipinski definition) is 1. The smallest absolute Gasteiger partial charge is 0.195 e. The van der Waals surface area contributed by atoms with Crippen molar-refractivity contribution in [2.24, 2.45) is 0 Å². The van der Waals surface area contributed by atoms with Crippen molar-refractivity contribution in [3.05, 3.63) is 35.9 Å². The first kappa shape index (κ1) is 13.5. The van der Waals surface area contributed by atoms with E-state index in [9.17, 15) is 0 Å². The van der Waals surface area contributed by atoms with Gasteiger partial charge in [0.1, 0.15) is 0 Å². The molecular weight excluding hydrogens is 212 g/mol. The summed E-state index contributed by atoms with van der Waals surface area (Å²) in [5.41, 5.74) is 2.61. The van der Waals surface area contributed by atoms with Crippen LogP contribution in [-0.4, -0.2) is 8.32 Å². The van der Waals surface area contributed by atoms with E-state index in [1.807, 2.05) is 6.07 Å². The average molecular weight is 236 g/mol. The lowest BCUT2D eigenvalue weighted by Crippen LogP contribution is -2.41. The van der Waals surface area contributed by atoms with Gasteiger partial charge in [-0.2, -0.15) is 0 Å². The third kappa shape index (κ3) is 3.19. The first-order valence-corrected chi connectivity index (χ1v) is 8.71. The van der Waals surface area contributed by atoms with Gasteiger partial charge in [0, 0.05) is 0 Å². The molecule has 0 amide bonds. The molecule has 1 nitrogen and oxygen atoms in total. The molecule has 0 fully saturated rings. The molecule has 2 heteroatoms. The highest BCUT2D eigenvalue weighted by Gasteiger charge is 2.36. The molecule has 0 aromatic heterocycles. The van der Waals surface area contributed by atoms with E-state index in [-0.39, 0.29) is 0 Å². The first-order valence-electron chi connectivity index (χ1n) is 6.14. The molecule has 0 saturated carbocycles. The van der Waals surface area contributed by atoms with Gasteiger partial charge in [-0.15, -0.1) is 0 Å². The Labute approximate surface area is 101 Å². The van der Waals surface area contributed by atoms with Crippen LogP contribution in [0.1, 0.15) is 33.3 Å². The lowest BCUT2D eigenvalue weighted by atomic mass is 10.2. The van der Waals surface area contributed by atoms with E-state index in [1.165, 1.54) is 5.56 Å². The van der Waals surface area contributed by atoms with Gasteiger partial charge in [-0.05, 0) is 23.2 Å². The van der Waals surface area contributed by atoms with Crippen molar-refractivity contribution in [2.45, 2.75) is 51.9 Å². The van der Waals surface area contributed by atoms with E-state index in [0.29, 0.717) is 11.1 Å². The van der Waals surface area contributed by atoms with Crippen LogP contribution < -0.4 is 0 Å². The summed E-state index contributed by atoms with van der Waals surface area (Å²) < 4.78 is 6.28. The summed E-state index contributed by atoms with van der Waals surface area (Å²) in [5.74, 6) is 0. The Kier molecular flexibility index (Phi) is 4.75. The second-order valence-electron chi connectivity index (χ2n) is 5.27. The van der Waals surface area contributed by atoms with Crippen LogP contribution >= 0.6 is 0 Å². The molecule has 1 aromatic rings. The van der Waals surface area contributed by atoms with Crippen molar-refractivity contribution < 1.29 is 4.43 Å². The van der Waals surface area contributed by atoms with Gasteiger partial charge in [-0.25, -0.2) is 0 Å². The molecule has 0 bridgehead atoms. The van der Waals surface area contributed by atoms with Crippen LogP contribution in [-0.2, 0) is 11.0 Å². The number of hydrogen-bond donors (Lipinski definition) is 0. The van der Waals surface area contributed by atoms with Crippen LogP contribution in [0.15, 0.2) is 30.3 Å². The van der Waals surface area contributed by atoms with E-state index < -0.39 is 8.32 Å². The zero-order chi connectivity index (χ0) is 12.2. The molecule has 0 N–H and O–H groups in total. The summed E-state index contributed by atoms with van der Waals surface area (Å²) in [6, 6.07) is 10.5. The highest BCUT2D eigenvalue weighted by atomic mass is 28.4. The average Bonchev–Trinajstić information content (AvgIpc) is 2.26. The van der Waals surface area contributed by atoms with Crippen LogP contribution in [0, 0.1) is 0 Å². The highest BCUT2D eigenvalue weighted by molar-refractivity contribution is 6.75. The Morgan fingerprint density at radius 2 is 1.50 bits per heavy atom. The second-order valence-corrected chi connectivity index (χ2v) is 10.2. The van der Waals surface area contributed by atoms with Crippen LogP contribution in [0.3, 0.4) is 0 Å². The summed E-state index contributed by atoms with van der Waals surface area (Å²) in [7, 11) is -1.59. The summed E-state index contributed by atoms with van der Waals surface area (Å²) in [5, 5.41) is 0. The quantitative estimate of drug-likeness (QED) is 0.679. The monoisotopic (exact) mass is 236 g/mol. The fourth-order valence-corrected chi connectivity index (χ4v) is 4.29. The van der Waals surface area contributed by atoms with Crippen molar-refractivity contribution in [1.82, 2.24) is 0 Å². The lowest BCUT2D eigenvalue weighted by Gasteiger charge is -2.35. The maximum absolute atomic E-state index is 6.28. The van der Waals surface area contributed by atoms with E-state index in [4.69, 9.17) is 4.43 Å². The van der Waals surface area contributed by atoms with E-state index in [2.05, 4.69) is 58.5 Å². The number of benzene rings is 1. The van der Waals surface area contributed by atoms with Crippen LogP contribution in [0.25, 0.3) is 0 Å². The van der Waals surface area contributed by atoms with Crippen LogP contribution in [0.5, 0.6) is 0 Å². The predicted molar refractivity (Wildman–Crippen MR) is 73.0 cm³/mol. The molecule has 16 heavy (non-hydrogen) atoms. The van der Waals surface area contributed by atoms with Crippen LogP contribution in [0.2, 0.25) is 17.6 Å². The van der Waals surface area contributed by atoms with Gasteiger partial charge in [0.25, 0.3) is 0 Å². The van der Waals surface area contributed by atoms with E-state index >= 15 is 0 Å². The molecule has 0 heterocycles. The fourth-order valence-electron chi connectivity index (χ4n) is 1.81. The Morgan fingerprint density at radius 3 is 1.94 bits per heavy atom. The molecule has 0 aliphatic carbocycles. The topological polar surface area (TPSA) is 9.23 Å². The predicted octanol–water partition coefficient (Wildman–Crippen LogP) is 4.60.